The Balaban J connectivity index is 1.80. The molecule has 1 atom stereocenters. The Morgan fingerprint density at radius 1 is 1.24 bits per heavy atom. The maximum atomic E-state index is 11.9. The Morgan fingerprint density at radius 2 is 2.00 bits per heavy atom. The fourth-order valence-electron chi connectivity index (χ4n) is 2.47. The molecule has 1 saturated carbocycles. The quantitative estimate of drug-likeness (QED) is 0.914. The zero-order chi connectivity index (χ0) is 14.7. The van der Waals surface area contributed by atoms with Gasteiger partial charge in [-0.15, -0.1) is 0 Å². The first-order valence-electron chi connectivity index (χ1n) is 7.49. The first-order chi connectivity index (χ1) is 10.2. The Hall–Kier alpha value is -2.16. The van der Waals surface area contributed by atoms with Crippen LogP contribution in [0.1, 0.15) is 35.6 Å². The summed E-state index contributed by atoms with van der Waals surface area (Å²) in [7, 11) is 0. The van der Waals surface area contributed by atoms with E-state index in [0.717, 1.165) is 18.5 Å². The number of benzene rings is 1. The summed E-state index contributed by atoms with van der Waals surface area (Å²) in [5.74, 6) is 0.532. The van der Waals surface area contributed by atoms with E-state index in [4.69, 9.17) is 0 Å². The van der Waals surface area contributed by atoms with Crippen LogP contribution in [0.25, 0.3) is 0 Å². The molecule has 3 rings (SSSR count). The van der Waals surface area contributed by atoms with E-state index in [1.54, 1.807) is 6.20 Å². The lowest BCUT2D eigenvalue weighted by molar-refractivity contribution is -0.122. The number of aromatic nitrogens is 1. The zero-order valence-corrected chi connectivity index (χ0v) is 12.3. The number of amides is 1. The lowest BCUT2D eigenvalue weighted by atomic mass is 9.94. The van der Waals surface area contributed by atoms with Crippen molar-refractivity contribution >= 4 is 5.91 Å². The fourth-order valence-corrected chi connectivity index (χ4v) is 2.47. The Morgan fingerprint density at radius 3 is 2.62 bits per heavy atom. The first kappa shape index (κ1) is 13.8. The highest BCUT2D eigenvalue weighted by molar-refractivity contribution is 5.80. The van der Waals surface area contributed by atoms with Crippen molar-refractivity contribution in [2.75, 3.05) is 6.54 Å². The van der Waals surface area contributed by atoms with Crippen LogP contribution in [0.15, 0.2) is 48.7 Å². The summed E-state index contributed by atoms with van der Waals surface area (Å²) < 4.78 is 0. The van der Waals surface area contributed by atoms with Crippen molar-refractivity contribution in [2.45, 2.75) is 25.7 Å². The maximum absolute atomic E-state index is 11.9. The Bertz CT molecular complexity index is 603. The van der Waals surface area contributed by atoms with Crippen molar-refractivity contribution in [2.24, 2.45) is 5.92 Å². The predicted molar refractivity (Wildman–Crippen MR) is 83.0 cm³/mol. The van der Waals surface area contributed by atoms with Gasteiger partial charge in [0.05, 0.1) is 0 Å². The molecule has 1 heterocycles. The Labute approximate surface area is 125 Å². The molecule has 2 aromatic rings. The topological polar surface area (TPSA) is 42.0 Å². The van der Waals surface area contributed by atoms with Crippen LogP contribution >= 0.6 is 0 Å². The van der Waals surface area contributed by atoms with Crippen LogP contribution in [0.4, 0.5) is 0 Å². The molecular weight excluding hydrogens is 260 g/mol. The van der Waals surface area contributed by atoms with Gasteiger partial charge in [-0.25, -0.2) is 0 Å². The summed E-state index contributed by atoms with van der Waals surface area (Å²) in [5, 5.41) is 3.08. The van der Waals surface area contributed by atoms with Gasteiger partial charge in [0.15, 0.2) is 0 Å². The molecule has 108 valence electrons. The van der Waals surface area contributed by atoms with Gasteiger partial charge in [-0.05, 0) is 37.5 Å². The standard InChI is InChI=1S/C18H20N2O/c1-13-5-7-14(8-6-13)16(17-4-2-3-11-19-17)12-20-18(21)15-9-10-15/h2-8,11,15-16H,9-10,12H2,1H3,(H,20,21). The molecule has 1 aromatic carbocycles. The number of nitrogens with one attached hydrogen (secondary N) is 1. The monoisotopic (exact) mass is 280 g/mol. The Kier molecular flexibility index (Phi) is 4.00. The van der Waals surface area contributed by atoms with Crippen LogP contribution in [0, 0.1) is 12.8 Å². The van der Waals surface area contributed by atoms with Crippen molar-refractivity contribution in [3.8, 4) is 0 Å². The molecule has 21 heavy (non-hydrogen) atoms. The molecule has 1 N–H and O–H groups in total. The number of carbonyl (C=O) groups is 1. The van der Waals surface area contributed by atoms with Crippen LogP contribution in [-0.4, -0.2) is 17.4 Å². The minimum Gasteiger partial charge on any atom is -0.355 e. The van der Waals surface area contributed by atoms with Gasteiger partial charge < -0.3 is 5.32 Å². The van der Waals surface area contributed by atoms with Gasteiger partial charge in [0, 0.05) is 30.3 Å². The molecule has 0 bridgehead atoms. The van der Waals surface area contributed by atoms with E-state index in [0.29, 0.717) is 6.54 Å². The largest absolute Gasteiger partial charge is 0.355 e. The first-order valence-corrected chi connectivity index (χ1v) is 7.49. The highest BCUT2D eigenvalue weighted by atomic mass is 16.2. The van der Waals surface area contributed by atoms with Gasteiger partial charge in [-0.1, -0.05) is 35.9 Å². The normalized spacial score (nSPS) is 15.5. The van der Waals surface area contributed by atoms with E-state index in [1.807, 2.05) is 18.2 Å². The predicted octanol–water partition coefficient (Wildman–Crippen LogP) is 3.05. The maximum Gasteiger partial charge on any atom is 0.223 e. The van der Waals surface area contributed by atoms with Gasteiger partial charge in [-0.3, -0.25) is 9.78 Å². The molecule has 3 heteroatoms. The zero-order valence-electron chi connectivity index (χ0n) is 12.3. The lowest BCUT2D eigenvalue weighted by Crippen LogP contribution is -2.30. The molecule has 1 fully saturated rings. The van der Waals surface area contributed by atoms with Crippen LogP contribution in [0.3, 0.4) is 0 Å². The van der Waals surface area contributed by atoms with Crippen LogP contribution in [-0.2, 0) is 4.79 Å². The van der Waals surface area contributed by atoms with Gasteiger partial charge in [0.25, 0.3) is 0 Å². The van der Waals surface area contributed by atoms with Crippen molar-refractivity contribution in [3.63, 3.8) is 0 Å². The van der Waals surface area contributed by atoms with E-state index in [2.05, 4.69) is 41.5 Å². The summed E-state index contributed by atoms with van der Waals surface area (Å²) in [6.07, 6.45) is 3.87. The molecule has 0 radical (unpaired) electrons. The number of hydrogen-bond donors (Lipinski definition) is 1. The molecule has 0 aliphatic heterocycles. The number of aryl methyl sites for hydroxylation is 1. The molecule has 0 spiro atoms. The van der Waals surface area contributed by atoms with Gasteiger partial charge >= 0.3 is 0 Å². The third-order valence-corrected chi connectivity index (χ3v) is 3.95. The van der Waals surface area contributed by atoms with E-state index in [1.165, 1.54) is 11.1 Å². The number of rotatable bonds is 5. The molecule has 0 saturated heterocycles. The summed E-state index contributed by atoms with van der Waals surface area (Å²) in [6.45, 7) is 2.68. The van der Waals surface area contributed by atoms with Gasteiger partial charge in [-0.2, -0.15) is 0 Å². The SMILES string of the molecule is Cc1ccc(C(CNC(=O)C2CC2)c2ccccn2)cc1. The lowest BCUT2D eigenvalue weighted by Gasteiger charge is -2.18. The smallest absolute Gasteiger partial charge is 0.223 e. The molecular formula is C18H20N2O. The summed E-state index contributed by atoms with van der Waals surface area (Å²) >= 11 is 0. The minimum absolute atomic E-state index is 0.106. The third-order valence-electron chi connectivity index (χ3n) is 3.95. The highest BCUT2D eigenvalue weighted by Gasteiger charge is 2.30. The third kappa shape index (κ3) is 3.48. The van der Waals surface area contributed by atoms with E-state index in [9.17, 15) is 4.79 Å². The molecule has 3 nitrogen and oxygen atoms in total. The summed E-state index contributed by atoms with van der Waals surface area (Å²) in [6, 6.07) is 14.4. The summed E-state index contributed by atoms with van der Waals surface area (Å²) in [4.78, 5) is 16.4. The second-order valence-corrected chi connectivity index (χ2v) is 5.74. The number of carbonyl (C=O) groups excluding carboxylic acids is 1. The summed E-state index contributed by atoms with van der Waals surface area (Å²) in [5.41, 5.74) is 3.42. The average Bonchev–Trinajstić information content (AvgIpc) is 3.35. The number of nitrogens with zero attached hydrogens (tertiary/aromatic N) is 1. The van der Waals surface area contributed by atoms with Crippen molar-refractivity contribution in [1.29, 1.82) is 0 Å². The second kappa shape index (κ2) is 6.08. The van der Waals surface area contributed by atoms with E-state index in [-0.39, 0.29) is 17.7 Å². The van der Waals surface area contributed by atoms with Crippen LogP contribution in [0.5, 0.6) is 0 Å². The fraction of sp³-hybridized carbons (Fsp3) is 0.333. The van der Waals surface area contributed by atoms with Crippen LogP contribution < -0.4 is 5.32 Å². The molecule has 1 unspecified atom stereocenters. The van der Waals surface area contributed by atoms with Crippen LogP contribution in [0.2, 0.25) is 0 Å². The van der Waals surface area contributed by atoms with E-state index >= 15 is 0 Å². The van der Waals surface area contributed by atoms with Crippen molar-refractivity contribution < 1.29 is 4.79 Å². The number of pyridine rings is 1. The highest BCUT2D eigenvalue weighted by Crippen LogP contribution is 2.29. The molecule has 1 amide bonds. The van der Waals surface area contributed by atoms with Gasteiger partial charge in [0.2, 0.25) is 5.91 Å². The molecule has 1 aliphatic rings. The minimum atomic E-state index is 0.106. The van der Waals surface area contributed by atoms with Crippen molar-refractivity contribution in [3.05, 3.63) is 65.5 Å². The molecule has 1 aromatic heterocycles. The average molecular weight is 280 g/mol. The van der Waals surface area contributed by atoms with Gasteiger partial charge in [0.1, 0.15) is 0 Å². The molecule has 1 aliphatic carbocycles. The van der Waals surface area contributed by atoms with Crippen molar-refractivity contribution in [1.82, 2.24) is 10.3 Å². The second-order valence-electron chi connectivity index (χ2n) is 5.74. The van der Waals surface area contributed by atoms with E-state index < -0.39 is 0 Å². The number of hydrogen-bond acceptors (Lipinski definition) is 2.